The Morgan fingerprint density at radius 1 is 1.12 bits per heavy atom. The van der Waals surface area contributed by atoms with Crippen LogP contribution in [0.25, 0.3) is 0 Å². The van der Waals surface area contributed by atoms with Crippen molar-refractivity contribution in [1.29, 1.82) is 0 Å². The molecule has 0 aliphatic heterocycles. The molecule has 25 heavy (non-hydrogen) atoms. The lowest BCUT2D eigenvalue weighted by Crippen LogP contribution is -2.26. The number of nitro groups is 1. The van der Waals surface area contributed by atoms with Gasteiger partial charge in [0.25, 0.3) is 5.69 Å². The zero-order valence-corrected chi connectivity index (χ0v) is 15.2. The van der Waals surface area contributed by atoms with Crippen LogP contribution in [0.3, 0.4) is 0 Å². The fraction of sp³-hybridized carbons (Fsp3) is 0.429. The number of benzene rings is 2. The summed E-state index contributed by atoms with van der Waals surface area (Å²) in [6, 6.07) is 14.3. The maximum atomic E-state index is 10.8. The van der Waals surface area contributed by atoms with Crippen molar-refractivity contribution in [3.63, 3.8) is 0 Å². The molecule has 0 aliphatic rings. The second-order valence-electron chi connectivity index (χ2n) is 7.26. The van der Waals surface area contributed by atoms with Crippen molar-refractivity contribution in [2.45, 2.75) is 51.9 Å². The van der Waals surface area contributed by atoms with Gasteiger partial charge in [0.05, 0.1) is 4.92 Å². The minimum absolute atomic E-state index is 0.0761. The minimum Gasteiger partial charge on any atom is -0.508 e. The van der Waals surface area contributed by atoms with Crippen LogP contribution in [0.2, 0.25) is 0 Å². The van der Waals surface area contributed by atoms with Gasteiger partial charge < -0.3 is 5.11 Å². The molecule has 1 N–H and O–H groups in total. The number of aromatic hydroxyl groups is 1. The first kappa shape index (κ1) is 19.0. The Morgan fingerprint density at radius 3 is 2.24 bits per heavy atom. The van der Waals surface area contributed by atoms with Gasteiger partial charge in [-0.3, -0.25) is 10.1 Å². The van der Waals surface area contributed by atoms with Crippen LogP contribution in [-0.4, -0.2) is 10.0 Å². The summed E-state index contributed by atoms with van der Waals surface area (Å²) in [5.41, 5.74) is 2.32. The molecule has 0 aliphatic carbocycles. The Bertz CT molecular complexity index is 694. The molecule has 0 saturated heterocycles. The summed E-state index contributed by atoms with van der Waals surface area (Å²) in [7, 11) is 0. The third kappa shape index (κ3) is 5.05. The number of rotatable bonds is 8. The predicted molar refractivity (Wildman–Crippen MR) is 101 cm³/mol. The molecule has 0 spiro atoms. The second-order valence-corrected chi connectivity index (χ2v) is 7.26. The molecule has 0 radical (unpaired) electrons. The molecule has 2 unspecified atom stereocenters. The smallest absolute Gasteiger partial charge is 0.269 e. The van der Waals surface area contributed by atoms with Crippen molar-refractivity contribution in [3.8, 4) is 5.75 Å². The Kier molecular flexibility index (Phi) is 6.18. The van der Waals surface area contributed by atoms with Crippen LogP contribution >= 0.6 is 0 Å². The van der Waals surface area contributed by atoms with E-state index in [2.05, 4.69) is 20.8 Å². The lowest BCUT2D eigenvalue weighted by atomic mass is 9.72. The number of phenolic OH excluding ortho intramolecular Hbond substituents is 1. The van der Waals surface area contributed by atoms with Gasteiger partial charge in [-0.2, -0.15) is 0 Å². The molecular weight excluding hydrogens is 314 g/mol. The summed E-state index contributed by atoms with van der Waals surface area (Å²) >= 11 is 0. The van der Waals surface area contributed by atoms with E-state index in [9.17, 15) is 15.2 Å². The maximum Gasteiger partial charge on any atom is 0.269 e. The fourth-order valence-corrected chi connectivity index (χ4v) is 3.15. The molecule has 4 nitrogen and oxygen atoms in total. The topological polar surface area (TPSA) is 63.4 Å². The number of non-ortho nitro benzene ring substituents is 1. The molecule has 4 heteroatoms. The van der Waals surface area contributed by atoms with Gasteiger partial charge in [-0.25, -0.2) is 0 Å². The third-order valence-corrected chi connectivity index (χ3v) is 5.19. The van der Waals surface area contributed by atoms with E-state index < -0.39 is 0 Å². The number of phenols is 1. The molecule has 2 aromatic carbocycles. The van der Waals surface area contributed by atoms with Crippen LogP contribution < -0.4 is 0 Å². The summed E-state index contributed by atoms with van der Waals surface area (Å²) < 4.78 is 0. The Hall–Kier alpha value is -2.36. The number of hydrogen-bond acceptors (Lipinski definition) is 3. The van der Waals surface area contributed by atoms with Crippen LogP contribution in [-0.2, 0) is 11.8 Å². The molecule has 2 rings (SSSR count). The quantitative estimate of drug-likeness (QED) is 0.500. The van der Waals surface area contributed by atoms with Crippen LogP contribution in [0.4, 0.5) is 5.69 Å². The Labute approximate surface area is 149 Å². The van der Waals surface area contributed by atoms with Gasteiger partial charge >= 0.3 is 0 Å². The second kappa shape index (κ2) is 8.15. The molecule has 0 bridgehead atoms. The van der Waals surface area contributed by atoms with Crippen LogP contribution in [0.5, 0.6) is 5.75 Å². The number of hydrogen-bond donors (Lipinski definition) is 1. The van der Waals surface area contributed by atoms with Gasteiger partial charge in [-0.05, 0) is 53.9 Å². The third-order valence-electron chi connectivity index (χ3n) is 5.19. The first-order valence-corrected chi connectivity index (χ1v) is 8.87. The van der Waals surface area contributed by atoms with E-state index in [1.807, 2.05) is 24.3 Å². The maximum absolute atomic E-state index is 10.8. The summed E-state index contributed by atoms with van der Waals surface area (Å²) in [6.45, 7) is 6.71. The Balaban J connectivity index is 2.26. The van der Waals surface area contributed by atoms with E-state index in [-0.39, 0.29) is 21.8 Å². The standard InChI is InChI=1S/C21H27NO3/c1-4-16(2)13-14-21(3,18-7-11-20(23)12-8-18)15-17-5-9-19(10-6-17)22(24)25/h5-12,16,23H,4,13-15H2,1-3H3. The molecule has 0 heterocycles. The summed E-state index contributed by atoms with van der Waals surface area (Å²) in [4.78, 5) is 10.5. The zero-order chi connectivity index (χ0) is 18.4. The van der Waals surface area contributed by atoms with Gasteiger partial charge in [-0.1, -0.05) is 51.5 Å². The SMILES string of the molecule is CCC(C)CCC(C)(Cc1ccc([N+](=O)[O-])cc1)c1ccc(O)cc1. The van der Waals surface area contributed by atoms with Crippen molar-refractivity contribution in [2.24, 2.45) is 5.92 Å². The van der Waals surface area contributed by atoms with Gasteiger partial charge in [0.2, 0.25) is 0 Å². The molecule has 2 aromatic rings. The van der Waals surface area contributed by atoms with Crippen molar-refractivity contribution < 1.29 is 10.0 Å². The molecule has 134 valence electrons. The number of nitrogens with zero attached hydrogens (tertiary/aromatic N) is 1. The van der Waals surface area contributed by atoms with Crippen LogP contribution in [0.1, 0.15) is 51.2 Å². The van der Waals surface area contributed by atoms with E-state index in [1.165, 1.54) is 5.56 Å². The van der Waals surface area contributed by atoms with E-state index in [0.29, 0.717) is 5.92 Å². The molecule has 0 saturated carbocycles. The van der Waals surface area contributed by atoms with E-state index >= 15 is 0 Å². The zero-order valence-electron chi connectivity index (χ0n) is 15.2. The van der Waals surface area contributed by atoms with E-state index in [4.69, 9.17) is 0 Å². The highest BCUT2D eigenvalue weighted by Gasteiger charge is 2.27. The average molecular weight is 341 g/mol. The predicted octanol–water partition coefficient (Wildman–Crippen LogP) is 5.63. The molecular formula is C21H27NO3. The first-order valence-electron chi connectivity index (χ1n) is 8.87. The molecule has 0 fully saturated rings. The summed E-state index contributed by atoms with van der Waals surface area (Å²) in [5, 5.41) is 20.4. The lowest BCUT2D eigenvalue weighted by Gasteiger charge is -2.32. The Morgan fingerprint density at radius 2 is 1.72 bits per heavy atom. The van der Waals surface area contributed by atoms with Crippen molar-refractivity contribution in [3.05, 3.63) is 69.8 Å². The van der Waals surface area contributed by atoms with Gasteiger partial charge in [0.15, 0.2) is 0 Å². The highest BCUT2D eigenvalue weighted by atomic mass is 16.6. The van der Waals surface area contributed by atoms with Gasteiger partial charge in [-0.15, -0.1) is 0 Å². The molecule has 0 amide bonds. The minimum atomic E-state index is -0.369. The normalized spacial score (nSPS) is 14.7. The number of nitro benzene ring substituents is 1. The van der Waals surface area contributed by atoms with Crippen molar-refractivity contribution >= 4 is 5.69 Å². The van der Waals surface area contributed by atoms with Gasteiger partial charge in [0, 0.05) is 12.1 Å². The van der Waals surface area contributed by atoms with Crippen molar-refractivity contribution in [2.75, 3.05) is 0 Å². The summed E-state index contributed by atoms with van der Waals surface area (Å²) in [5.74, 6) is 0.927. The largest absolute Gasteiger partial charge is 0.508 e. The summed E-state index contributed by atoms with van der Waals surface area (Å²) in [6.07, 6.45) is 4.13. The lowest BCUT2D eigenvalue weighted by molar-refractivity contribution is -0.384. The van der Waals surface area contributed by atoms with Gasteiger partial charge in [0.1, 0.15) is 5.75 Å². The average Bonchev–Trinajstić information content (AvgIpc) is 2.60. The fourth-order valence-electron chi connectivity index (χ4n) is 3.15. The molecule has 0 aromatic heterocycles. The van der Waals surface area contributed by atoms with E-state index in [1.54, 1.807) is 24.3 Å². The highest BCUT2D eigenvalue weighted by Crippen LogP contribution is 2.35. The van der Waals surface area contributed by atoms with E-state index in [0.717, 1.165) is 31.2 Å². The molecule has 2 atom stereocenters. The van der Waals surface area contributed by atoms with Crippen LogP contribution in [0.15, 0.2) is 48.5 Å². The first-order chi connectivity index (χ1) is 11.8. The highest BCUT2D eigenvalue weighted by molar-refractivity contribution is 5.36. The monoisotopic (exact) mass is 341 g/mol. The van der Waals surface area contributed by atoms with Crippen molar-refractivity contribution in [1.82, 2.24) is 0 Å². The van der Waals surface area contributed by atoms with Crippen LogP contribution in [0, 0.1) is 16.0 Å².